The number of hydrogen-bond donors (Lipinski definition) is 3. The van der Waals surface area contributed by atoms with E-state index in [1.54, 1.807) is 7.11 Å². The van der Waals surface area contributed by atoms with E-state index in [0.717, 1.165) is 22.2 Å². The molecular weight excluding hydrogens is 386 g/mol. The van der Waals surface area contributed by atoms with Crippen molar-refractivity contribution in [2.24, 2.45) is 0 Å². The first-order valence-corrected chi connectivity index (χ1v) is 9.89. The normalized spacial score (nSPS) is 10.7. The first-order chi connectivity index (χ1) is 14.1. The van der Waals surface area contributed by atoms with Crippen molar-refractivity contribution >= 4 is 28.2 Å². The zero-order chi connectivity index (χ0) is 20.6. The SMILES string of the molecule is COc1ccc2[nH]c(=O)c(CN(CCCO)C(=S)NCc3ccccc3)cc2c1. The highest BCUT2D eigenvalue weighted by atomic mass is 32.1. The first-order valence-electron chi connectivity index (χ1n) is 9.48. The van der Waals surface area contributed by atoms with Crippen LogP contribution in [0.5, 0.6) is 5.75 Å². The number of pyridine rings is 1. The van der Waals surface area contributed by atoms with Crippen molar-refractivity contribution in [2.45, 2.75) is 19.5 Å². The number of thiocarbonyl (C=S) groups is 1. The van der Waals surface area contributed by atoms with Crippen molar-refractivity contribution in [3.63, 3.8) is 0 Å². The van der Waals surface area contributed by atoms with Gasteiger partial charge in [-0.3, -0.25) is 4.79 Å². The van der Waals surface area contributed by atoms with Crippen LogP contribution in [0.25, 0.3) is 10.9 Å². The number of H-pyrrole nitrogens is 1. The second kappa shape index (κ2) is 10.0. The molecule has 0 saturated carbocycles. The summed E-state index contributed by atoms with van der Waals surface area (Å²) in [5.41, 5.74) is 2.33. The molecule has 0 fully saturated rings. The minimum atomic E-state index is -0.150. The monoisotopic (exact) mass is 411 g/mol. The molecule has 1 aromatic heterocycles. The molecule has 0 unspecified atom stereocenters. The summed E-state index contributed by atoms with van der Waals surface area (Å²) < 4.78 is 5.28. The average Bonchev–Trinajstić information content (AvgIpc) is 2.75. The van der Waals surface area contributed by atoms with E-state index in [1.165, 1.54) is 0 Å². The third-order valence-electron chi connectivity index (χ3n) is 4.65. The molecule has 0 radical (unpaired) electrons. The van der Waals surface area contributed by atoms with Crippen LogP contribution >= 0.6 is 12.2 Å². The predicted molar refractivity (Wildman–Crippen MR) is 119 cm³/mol. The Hall–Kier alpha value is -2.90. The van der Waals surface area contributed by atoms with E-state index in [9.17, 15) is 9.90 Å². The smallest absolute Gasteiger partial charge is 0.253 e. The van der Waals surface area contributed by atoms with Gasteiger partial charge in [0.15, 0.2) is 5.11 Å². The summed E-state index contributed by atoms with van der Waals surface area (Å²) in [7, 11) is 1.61. The highest BCUT2D eigenvalue weighted by Gasteiger charge is 2.13. The molecule has 0 atom stereocenters. The molecule has 0 bridgehead atoms. The fourth-order valence-electron chi connectivity index (χ4n) is 3.08. The third-order valence-corrected chi connectivity index (χ3v) is 5.05. The number of hydrogen-bond acceptors (Lipinski definition) is 4. The summed E-state index contributed by atoms with van der Waals surface area (Å²) in [5.74, 6) is 0.729. The van der Waals surface area contributed by atoms with Gasteiger partial charge in [-0.1, -0.05) is 30.3 Å². The van der Waals surface area contributed by atoms with E-state index in [0.29, 0.717) is 36.7 Å². The van der Waals surface area contributed by atoms with E-state index in [2.05, 4.69) is 10.3 Å². The highest BCUT2D eigenvalue weighted by molar-refractivity contribution is 7.80. The number of methoxy groups -OCH3 is 1. The Morgan fingerprint density at radius 1 is 1.21 bits per heavy atom. The lowest BCUT2D eigenvalue weighted by Crippen LogP contribution is -2.40. The Morgan fingerprint density at radius 3 is 2.72 bits per heavy atom. The van der Waals surface area contributed by atoms with Gasteiger partial charge in [-0.15, -0.1) is 0 Å². The maximum absolute atomic E-state index is 12.6. The molecule has 1 heterocycles. The molecule has 0 aliphatic rings. The van der Waals surface area contributed by atoms with E-state index in [1.807, 2.05) is 59.5 Å². The van der Waals surface area contributed by atoms with Crippen LogP contribution in [0.2, 0.25) is 0 Å². The van der Waals surface area contributed by atoms with Crippen molar-refractivity contribution in [1.29, 1.82) is 0 Å². The molecule has 2 aromatic carbocycles. The van der Waals surface area contributed by atoms with Gasteiger partial charge >= 0.3 is 0 Å². The van der Waals surface area contributed by atoms with Crippen molar-refractivity contribution < 1.29 is 9.84 Å². The van der Waals surface area contributed by atoms with Crippen LogP contribution in [-0.2, 0) is 13.1 Å². The molecule has 0 aliphatic carbocycles. The molecule has 3 N–H and O–H groups in total. The lowest BCUT2D eigenvalue weighted by Gasteiger charge is -2.25. The topological polar surface area (TPSA) is 77.6 Å². The maximum Gasteiger partial charge on any atom is 0.253 e. The molecule has 152 valence electrons. The first kappa shape index (κ1) is 20.8. The molecule has 0 amide bonds. The minimum Gasteiger partial charge on any atom is -0.497 e. The van der Waals surface area contributed by atoms with Gasteiger partial charge in [0.1, 0.15) is 5.75 Å². The van der Waals surface area contributed by atoms with Crippen molar-refractivity contribution in [3.05, 3.63) is 76.1 Å². The highest BCUT2D eigenvalue weighted by Crippen LogP contribution is 2.19. The van der Waals surface area contributed by atoms with Gasteiger partial charge in [-0.05, 0) is 48.5 Å². The van der Waals surface area contributed by atoms with Crippen molar-refractivity contribution in [1.82, 2.24) is 15.2 Å². The van der Waals surface area contributed by atoms with Crippen LogP contribution in [0.3, 0.4) is 0 Å². The van der Waals surface area contributed by atoms with Gasteiger partial charge in [0.2, 0.25) is 0 Å². The largest absolute Gasteiger partial charge is 0.497 e. The van der Waals surface area contributed by atoms with Crippen molar-refractivity contribution in [3.8, 4) is 5.75 Å². The second-order valence-corrected chi connectivity index (χ2v) is 7.11. The Bertz CT molecular complexity index is 1020. The average molecular weight is 412 g/mol. The van der Waals surface area contributed by atoms with Gasteiger partial charge in [0, 0.05) is 36.2 Å². The molecule has 3 aromatic rings. The van der Waals surface area contributed by atoms with Crippen LogP contribution in [0, 0.1) is 0 Å². The number of aromatic amines is 1. The zero-order valence-corrected chi connectivity index (χ0v) is 17.2. The molecule has 29 heavy (non-hydrogen) atoms. The van der Waals surface area contributed by atoms with Crippen LogP contribution < -0.4 is 15.6 Å². The van der Waals surface area contributed by atoms with E-state index in [-0.39, 0.29) is 12.2 Å². The second-order valence-electron chi connectivity index (χ2n) is 6.72. The summed E-state index contributed by atoms with van der Waals surface area (Å²) in [6, 6.07) is 17.4. The number of nitrogens with zero attached hydrogens (tertiary/aromatic N) is 1. The molecule has 6 nitrogen and oxygen atoms in total. The van der Waals surface area contributed by atoms with E-state index in [4.69, 9.17) is 17.0 Å². The van der Waals surface area contributed by atoms with Gasteiger partial charge in [-0.2, -0.15) is 0 Å². The summed E-state index contributed by atoms with van der Waals surface area (Å²) in [6.07, 6.45) is 0.562. The summed E-state index contributed by atoms with van der Waals surface area (Å²) >= 11 is 5.57. The number of benzene rings is 2. The van der Waals surface area contributed by atoms with Crippen LogP contribution in [0.15, 0.2) is 59.4 Å². The number of aromatic nitrogens is 1. The van der Waals surface area contributed by atoms with E-state index < -0.39 is 0 Å². The molecule has 7 heteroatoms. The van der Waals surface area contributed by atoms with E-state index >= 15 is 0 Å². The van der Waals surface area contributed by atoms with Crippen molar-refractivity contribution in [2.75, 3.05) is 20.3 Å². The van der Waals surface area contributed by atoms with Gasteiger partial charge in [-0.25, -0.2) is 0 Å². The molecule has 0 aliphatic heterocycles. The van der Waals surface area contributed by atoms with Crippen LogP contribution in [0.4, 0.5) is 0 Å². The third kappa shape index (κ3) is 5.56. The Morgan fingerprint density at radius 2 is 2.00 bits per heavy atom. The lowest BCUT2D eigenvalue weighted by molar-refractivity contribution is 0.264. The van der Waals surface area contributed by atoms with Crippen LogP contribution in [0.1, 0.15) is 17.5 Å². The number of aliphatic hydroxyl groups excluding tert-OH is 1. The van der Waals surface area contributed by atoms with Gasteiger partial charge in [0.05, 0.1) is 13.7 Å². The molecule has 0 spiro atoms. The Balaban J connectivity index is 1.79. The number of aliphatic hydroxyl groups is 1. The number of ether oxygens (including phenoxy) is 1. The fraction of sp³-hybridized carbons (Fsp3) is 0.273. The maximum atomic E-state index is 12.6. The number of fused-ring (bicyclic) bond motifs is 1. The molecule has 0 saturated heterocycles. The predicted octanol–water partition coefficient (Wildman–Crippen LogP) is 2.80. The fourth-order valence-corrected chi connectivity index (χ4v) is 3.31. The Kier molecular flexibility index (Phi) is 7.21. The lowest BCUT2D eigenvalue weighted by atomic mass is 10.1. The summed E-state index contributed by atoms with van der Waals surface area (Å²) in [5, 5.41) is 13.9. The van der Waals surface area contributed by atoms with Gasteiger partial charge < -0.3 is 25.0 Å². The molecular formula is C22H25N3O3S. The zero-order valence-electron chi connectivity index (χ0n) is 16.4. The minimum absolute atomic E-state index is 0.0586. The van der Waals surface area contributed by atoms with Crippen LogP contribution in [-0.4, -0.2) is 40.4 Å². The Labute approximate surface area is 175 Å². The number of nitrogens with one attached hydrogen (secondary N) is 2. The van der Waals surface area contributed by atoms with Gasteiger partial charge in [0.25, 0.3) is 5.56 Å². The number of rotatable bonds is 8. The standard InChI is InChI=1S/C22H25N3O3S/c1-28-19-8-9-20-17(13-19)12-18(21(27)24-20)15-25(10-5-11-26)22(29)23-14-16-6-3-2-4-7-16/h2-4,6-9,12-13,26H,5,10-11,14-15H2,1H3,(H,23,29)(H,24,27). The quantitative estimate of drug-likeness (QED) is 0.495. The molecule has 3 rings (SSSR count). The summed E-state index contributed by atoms with van der Waals surface area (Å²) in [4.78, 5) is 17.4. The summed E-state index contributed by atoms with van der Waals surface area (Å²) in [6.45, 7) is 1.56.